The summed E-state index contributed by atoms with van der Waals surface area (Å²) in [6, 6.07) is 6.10. The van der Waals surface area contributed by atoms with Crippen molar-refractivity contribution < 1.29 is 27.4 Å². The average molecular weight is 714 g/mol. The standard InChI is InChI=1S/C34H35ClF3N7O3S/c1-33(2,3)48-32(46)43-30-21(15-39)24-19(5-6-23(37)28(24)49-30)25-22(35)13-20-27(26(25)38)41-31(42-29(20)44-11-8-40-9-12-44)47-17-34-7-4-10-45(34)16-18(36)14-34/h5-6,13,18,40H,4,7-12,14,16-17H2,1-3H3,(H,43,46)/t18-,34+/m1/s1. The Hall–Kier alpha value is -3.90. The van der Waals surface area contributed by atoms with Gasteiger partial charge in [-0.25, -0.2) is 18.0 Å². The van der Waals surface area contributed by atoms with Gasteiger partial charge in [0.2, 0.25) is 0 Å². The van der Waals surface area contributed by atoms with E-state index in [0.717, 1.165) is 30.7 Å². The number of hydrogen-bond donors (Lipinski definition) is 2. The second-order valence-corrected chi connectivity index (χ2v) is 15.1. The zero-order valence-corrected chi connectivity index (χ0v) is 28.8. The number of alkyl halides is 1. The quantitative estimate of drug-likeness (QED) is 0.217. The zero-order valence-electron chi connectivity index (χ0n) is 27.3. The number of ether oxygens (including phenoxy) is 2. The summed E-state index contributed by atoms with van der Waals surface area (Å²) in [5.41, 5.74) is -1.35. The number of benzene rings is 2. The number of carbonyl (C=O) groups excluding carboxylic acids is 1. The summed E-state index contributed by atoms with van der Waals surface area (Å²) in [6.45, 7) is 8.96. The number of hydrogen-bond acceptors (Lipinski definition) is 10. The van der Waals surface area contributed by atoms with Gasteiger partial charge in [0.1, 0.15) is 46.6 Å². The molecule has 258 valence electrons. The molecule has 0 bridgehead atoms. The zero-order chi connectivity index (χ0) is 34.7. The van der Waals surface area contributed by atoms with Crippen LogP contribution in [-0.2, 0) is 4.74 Å². The number of anilines is 2. The van der Waals surface area contributed by atoms with E-state index in [-0.39, 0.29) is 54.9 Å². The first-order valence-electron chi connectivity index (χ1n) is 16.2. The van der Waals surface area contributed by atoms with Crippen molar-refractivity contribution in [2.45, 2.75) is 57.3 Å². The van der Waals surface area contributed by atoms with E-state index in [1.807, 2.05) is 11.0 Å². The second kappa shape index (κ2) is 12.8. The predicted molar refractivity (Wildman–Crippen MR) is 183 cm³/mol. The maximum absolute atomic E-state index is 17.0. The summed E-state index contributed by atoms with van der Waals surface area (Å²) in [7, 11) is 0. The fourth-order valence-electron chi connectivity index (χ4n) is 7.21. The summed E-state index contributed by atoms with van der Waals surface area (Å²) in [6.07, 6.45) is 0.310. The highest BCUT2D eigenvalue weighted by Gasteiger charge is 2.49. The number of halogens is 4. The molecule has 0 spiro atoms. The van der Waals surface area contributed by atoms with Crippen LogP contribution >= 0.6 is 22.9 Å². The SMILES string of the molecule is CC(C)(C)OC(=O)Nc1sc2c(F)ccc(-c3c(Cl)cc4c(N5CCNCC5)nc(OC[C@@]56CCCN5C[C@H](F)C6)nc4c3F)c2c1C#N. The van der Waals surface area contributed by atoms with Gasteiger partial charge in [-0.15, -0.1) is 11.3 Å². The van der Waals surface area contributed by atoms with Gasteiger partial charge < -0.3 is 19.7 Å². The Balaban J connectivity index is 1.36. The van der Waals surface area contributed by atoms with Crippen LogP contribution in [0.4, 0.5) is 28.8 Å². The first kappa shape index (κ1) is 33.6. The van der Waals surface area contributed by atoms with Crippen molar-refractivity contribution >= 4 is 60.8 Å². The highest BCUT2D eigenvalue weighted by molar-refractivity contribution is 7.23. The maximum atomic E-state index is 17.0. The Morgan fingerprint density at radius 2 is 2.02 bits per heavy atom. The summed E-state index contributed by atoms with van der Waals surface area (Å²) >= 11 is 7.69. The molecule has 4 aromatic rings. The van der Waals surface area contributed by atoms with Crippen LogP contribution in [0.1, 0.15) is 45.6 Å². The topological polar surface area (TPSA) is 116 Å². The van der Waals surface area contributed by atoms with Crippen molar-refractivity contribution in [2.24, 2.45) is 0 Å². The van der Waals surface area contributed by atoms with Gasteiger partial charge in [-0.3, -0.25) is 10.2 Å². The molecular weight excluding hydrogens is 679 g/mol. The van der Waals surface area contributed by atoms with Gasteiger partial charge in [-0.05, 0) is 57.9 Å². The molecule has 2 aromatic carbocycles. The lowest BCUT2D eigenvalue weighted by molar-refractivity contribution is 0.0636. The first-order valence-corrected chi connectivity index (χ1v) is 17.4. The summed E-state index contributed by atoms with van der Waals surface area (Å²) in [4.78, 5) is 26.0. The molecule has 3 aliphatic heterocycles. The highest BCUT2D eigenvalue weighted by Crippen LogP contribution is 2.47. The molecule has 10 nitrogen and oxygen atoms in total. The third kappa shape index (κ3) is 6.22. The lowest BCUT2D eigenvalue weighted by atomic mass is 9.95. The number of carbonyl (C=O) groups is 1. The van der Waals surface area contributed by atoms with E-state index in [1.54, 1.807) is 26.8 Å². The Bertz CT molecular complexity index is 2010. The monoisotopic (exact) mass is 713 g/mol. The molecule has 2 aromatic heterocycles. The van der Waals surface area contributed by atoms with Crippen LogP contribution in [0.15, 0.2) is 18.2 Å². The highest BCUT2D eigenvalue weighted by atomic mass is 35.5. The maximum Gasteiger partial charge on any atom is 0.412 e. The van der Waals surface area contributed by atoms with Crippen LogP contribution in [0.2, 0.25) is 5.02 Å². The lowest BCUT2D eigenvalue weighted by Gasteiger charge is -2.32. The molecule has 2 N–H and O–H groups in total. The largest absolute Gasteiger partial charge is 0.461 e. The number of thiophene rings is 1. The number of rotatable bonds is 6. The van der Waals surface area contributed by atoms with Crippen LogP contribution < -0.4 is 20.3 Å². The molecule has 3 aliphatic rings. The Kier molecular flexibility index (Phi) is 8.75. The number of amides is 1. The van der Waals surface area contributed by atoms with Crippen LogP contribution in [-0.4, -0.2) is 84.1 Å². The minimum absolute atomic E-state index is 0.00346. The van der Waals surface area contributed by atoms with Gasteiger partial charge >= 0.3 is 12.1 Å². The molecule has 49 heavy (non-hydrogen) atoms. The fraction of sp³-hybridized carbons (Fsp3) is 0.471. The molecule has 0 unspecified atom stereocenters. The molecule has 7 rings (SSSR count). The van der Waals surface area contributed by atoms with E-state index >= 15 is 8.78 Å². The summed E-state index contributed by atoms with van der Waals surface area (Å²) < 4.78 is 58.3. The second-order valence-electron chi connectivity index (χ2n) is 13.7. The molecule has 0 radical (unpaired) electrons. The Labute approximate surface area is 290 Å². The number of nitrogens with zero attached hydrogens (tertiary/aromatic N) is 5. The lowest BCUT2D eigenvalue weighted by Crippen LogP contribution is -2.44. The molecule has 15 heteroatoms. The fourth-order valence-corrected chi connectivity index (χ4v) is 8.57. The summed E-state index contributed by atoms with van der Waals surface area (Å²) in [5.74, 6) is -1.01. The van der Waals surface area contributed by atoms with Crippen LogP contribution in [0.25, 0.3) is 32.1 Å². The van der Waals surface area contributed by atoms with Gasteiger partial charge in [0.05, 0.1) is 20.8 Å². The smallest absolute Gasteiger partial charge is 0.412 e. The Morgan fingerprint density at radius 1 is 1.24 bits per heavy atom. The normalized spacial score (nSPS) is 21.3. The van der Waals surface area contributed by atoms with Crippen molar-refractivity contribution in [3.8, 4) is 23.2 Å². The van der Waals surface area contributed by atoms with E-state index in [2.05, 4.69) is 20.5 Å². The number of piperazine rings is 1. The molecule has 3 fully saturated rings. The van der Waals surface area contributed by atoms with Crippen LogP contribution in [0, 0.1) is 23.0 Å². The van der Waals surface area contributed by atoms with E-state index in [1.165, 1.54) is 12.1 Å². The van der Waals surface area contributed by atoms with Crippen molar-refractivity contribution in [1.29, 1.82) is 5.26 Å². The van der Waals surface area contributed by atoms with Crippen LogP contribution in [0.3, 0.4) is 0 Å². The number of nitriles is 1. The van der Waals surface area contributed by atoms with Gasteiger partial charge in [-0.1, -0.05) is 17.7 Å². The number of aromatic nitrogens is 2. The number of nitrogens with one attached hydrogen (secondary N) is 2. The van der Waals surface area contributed by atoms with E-state index in [9.17, 15) is 14.4 Å². The molecule has 5 heterocycles. The van der Waals surface area contributed by atoms with Crippen LogP contribution in [0.5, 0.6) is 6.01 Å². The van der Waals surface area contributed by atoms with E-state index < -0.39 is 35.0 Å². The molecule has 0 aliphatic carbocycles. The minimum atomic E-state index is -0.942. The van der Waals surface area contributed by atoms with E-state index in [4.69, 9.17) is 26.1 Å². The minimum Gasteiger partial charge on any atom is -0.461 e. The van der Waals surface area contributed by atoms with Crippen molar-refractivity contribution in [1.82, 2.24) is 20.2 Å². The summed E-state index contributed by atoms with van der Waals surface area (Å²) in [5, 5.41) is 16.6. The molecule has 2 atom stereocenters. The van der Waals surface area contributed by atoms with Gasteiger partial charge in [-0.2, -0.15) is 15.2 Å². The van der Waals surface area contributed by atoms with Gasteiger partial charge in [0.15, 0.2) is 5.82 Å². The van der Waals surface area contributed by atoms with Crippen molar-refractivity contribution in [3.63, 3.8) is 0 Å². The third-order valence-corrected chi connectivity index (χ3v) is 10.7. The Morgan fingerprint density at radius 3 is 2.76 bits per heavy atom. The van der Waals surface area contributed by atoms with E-state index in [0.29, 0.717) is 50.3 Å². The van der Waals surface area contributed by atoms with Gasteiger partial charge in [0, 0.05) is 55.5 Å². The predicted octanol–water partition coefficient (Wildman–Crippen LogP) is 7.03. The molecule has 1 amide bonds. The first-order chi connectivity index (χ1) is 23.4. The van der Waals surface area contributed by atoms with Crippen molar-refractivity contribution in [3.05, 3.63) is 40.4 Å². The van der Waals surface area contributed by atoms with Gasteiger partial charge in [0.25, 0.3) is 0 Å². The molecule has 3 saturated heterocycles. The third-order valence-electron chi connectivity index (χ3n) is 9.28. The van der Waals surface area contributed by atoms with Crippen molar-refractivity contribution in [2.75, 3.05) is 56.1 Å². The molecule has 0 saturated carbocycles. The molecular formula is C34H35ClF3N7O3S. The average Bonchev–Trinajstić information content (AvgIpc) is 3.70. The number of fused-ring (bicyclic) bond motifs is 3.